The molecular weight excluding hydrogens is 408 g/mol. The highest BCUT2D eigenvalue weighted by Gasteiger charge is 2.38. The standard InChI is InChI=1S/C22H31ClN2O5/c23-17-3-1-2-16(10-17)12-25-13-18(26)14-29-15-21-20(25)5-4-19(30-21)11-22(27)24-6-8-28-9-7-24/h1-3,10,18-21,26H,4-9,11-15H2/t18-,19+,20-,21+/m1/s1. The molecule has 166 valence electrons. The summed E-state index contributed by atoms with van der Waals surface area (Å²) >= 11 is 6.16. The first-order chi connectivity index (χ1) is 14.6. The Bertz CT molecular complexity index is 715. The van der Waals surface area contributed by atoms with Crippen molar-refractivity contribution in [2.75, 3.05) is 46.1 Å². The van der Waals surface area contributed by atoms with Crippen LogP contribution in [0.5, 0.6) is 0 Å². The number of aliphatic hydroxyl groups excluding tert-OH is 1. The quantitative estimate of drug-likeness (QED) is 0.771. The second kappa shape index (κ2) is 10.4. The lowest BCUT2D eigenvalue weighted by Gasteiger charge is -2.44. The Morgan fingerprint density at radius 2 is 2.00 bits per heavy atom. The molecule has 3 aliphatic heterocycles. The number of fused-ring (bicyclic) bond motifs is 1. The summed E-state index contributed by atoms with van der Waals surface area (Å²) in [6.07, 6.45) is 1.38. The molecule has 8 heteroatoms. The number of rotatable bonds is 4. The Hall–Kier alpha value is -1.22. The third kappa shape index (κ3) is 5.72. The van der Waals surface area contributed by atoms with Crippen molar-refractivity contribution >= 4 is 17.5 Å². The first-order valence-electron chi connectivity index (χ1n) is 10.8. The fourth-order valence-corrected chi connectivity index (χ4v) is 4.85. The van der Waals surface area contributed by atoms with E-state index in [0.29, 0.717) is 57.4 Å². The molecule has 0 unspecified atom stereocenters. The fraction of sp³-hybridized carbons (Fsp3) is 0.682. The lowest BCUT2D eigenvalue weighted by atomic mass is 9.94. The summed E-state index contributed by atoms with van der Waals surface area (Å²) in [4.78, 5) is 16.8. The molecule has 1 amide bonds. The second-order valence-electron chi connectivity index (χ2n) is 8.39. The lowest BCUT2D eigenvalue weighted by Crippen LogP contribution is -2.55. The molecule has 3 saturated heterocycles. The van der Waals surface area contributed by atoms with E-state index in [0.717, 1.165) is 18.4 Å². The molecule has 0 spiro atoms. The third-order valence-electron chi connectivity index (χ3n) is 6.13. The highest BCUT2D eigenvalue weighted by Crippen LogP contribution is 2.29. The van der Waals surface area contributed by atoms with Crippen molar-refractivity contribution in [2.45, 2.75) is 50.2 Å². The number of hydrogen-bond donors (Lipinski definition) is 1. The Balaban J connectivity index is 1.40. The Labute approximate surface area is 182 Å². The summed E-state index contributed by atoms with van der Waals surface area (Å²) in [6, 6.07) is 7.96. The highest BCUT2D eigenvalue weighted by atomic mass is 35.5. The summed E-state index contributed by atoms with van der Waals surface area (Å²) in [6.45, 7) is 4.46. The summed E-state index contributed by atoms with van der Waals surface area (Å²) in [5.41, 5.74) is 1.11. The van der Waals surface area contributed by atoms with Crippen molar-refractivity contribution in [2.24, 2.45) is 0 Å². The summed E-state index contributed by atoms with van der Waals surface area (Å²) in [7, 11) is 0. The van der Waals surface area contributed by atoms with Crippen LogP contribution < -0.4 is 0 Å². The molecule has 0 aliphatic carbocycles. The van der Waals surface area contributed by atoms with Crippen LogP contribution in [0.15, 0.2) is 24.3 Å². The van der Waals surface area contributed by atoms with Gasteiger partial charge in [0, 0.05) is 37.2 Å². The van der Waals surface area contributed by atoms with E-state index >= 15 is 0 Å². The predicted octanol–water partition coefficient (Wildman–Crippen LogP) is 1.70. The molecule has 7 nitrogen and oxygen atoms in total. The maximum absolute atomic E-state index is 12.6. The van der Waals surface area contributed by atoms with Gasteiger partial charge in [-0.25, -0.2) is 0 Å². The normalized spacial score (nSPS) is 30.9. The van der Waals surface area contributed by atoms with Crippen LogP contribution in [0.3, 0.4) is 0 Å². The van der Waals surface area contributed by atoms with Gasteiger partial charge in [0.25, 0.3) is 0 Å². The van der Waals surface area contributed by atoms with Crippen LogP contribution in [0.1, 0.15) is 24.8 Å². The molecule has 4 rings (SSSR count). The largest absolute Gasteiger partial charge is 0.389 e. The van der Waals surface area contributed by atoms with E-state index in [-0.39, 0.29) is 30.8 Å². The van der Waals surface area contributed by atoms with Gasteiger partial charge in [0.2, 0.25) is 5.91 Å². The monoisotopic (exact) mass is 438 g/mol. The molecule has 3 heterocycles. The second-order valence-corrected chi connectivity index (χ2v) is 8.83. The van der Waals surface area contributed by atoms with Gasteiger partial charge in [0.15, 0.2) is 0 Å². The van der Waals surface area contributed by atoms with Crippen molar-refractivity contribution in [1.82, 2.24) is 9.80 Å². The van der Waals surface area contributed by atoms with Crippen LogP contribution >= 0.6 is 11.6 Å². The van der Waals surface area contributed by atoms with Crippen LogP contribution in [0.4, 0.5) is 0 Å². The van der Waals surface area contributed by atoms with Gasteiger partial charge in [0.05, 0.1) is 51.2 Å². The SMILES string of the molecule is O=C(C[C@@H]1CC[C@@H]2[C@H](COC[C@H](O)CN2Cc2cccc(Cl)c2)O1)N1CCOCC1. The molecule has 0 saturated carbocycles. The first kappa shape index (κ1) is 22.0. The molecule has 3 aliphatic rings. The number of aliphatic hydroxyl groups is 1. The van der Waals surface area contributed by atoms with Crippen molar-refractivity contribution in [3.8, 4) is 0 Å². The number of halogens is 1. The van der Waals surface area contributed by atoms with Crippen LogP contribution in [-0.4, -0.2) is 91.2 Å². The van der Waals surface area contributed by atoms with Gasteiger partial charge in [-0.1, -0.05) is 23.7 Å². The Kier molecular flexibility index (Phi) is 7.62. The van der Waals surface area contributed by atoms with E-state index in [2.05, 4.69) is 11.0 Å². The van der Waals surface area contributed by atoms with E-state index in [1.165, 1.54) is 0 Å². The van der Waals surface area contributed by atoms with E-state index < -0.39 is 6.10 Å². The van der Waals surface area contributed by atoms with Crippen molar-refractivity contribution in [1.29, 1.82) is 0 Å². The van der Waals surface area contributed by atoms with Crippen LogP contribution in [0, 0.1) is 0 Å². The lowest BCUT2D eigenvalue weighted by molar-refractivity contribution is -0.162. The van der Waals surface area contributed by atoms with E-state index in [9.17, 15) is 9.90 Å². The highest BCUT2D eigenvalue weighted by molar-refractivity contribution is 6.30. The molecule has 4 atom stereocenters. The minimum atomic E-state index is -0.536. The zero-order valence-electron chi connectivity index (χ0n) is 17.2. The maximum atomic E-state index is 12.6. The van der Waals surface area contributed by atoms with Gasteiger partial charge in [-0.05, 0) is 30.5 Å². The summed E-state index contributed by atoms with van der Waals surface area (Å²) < 4.78 is 17.4. The van der Waals surface area contributed by atoms with Crippen LogP contribution in [-0.2, 0) is 25.5 Å². The van der Waals surface area contributed by atoms with Crippen LogP contribution in [0.2, 0.25) is 5.02 Å². The number of nitrogens with zero attached hydrogens (tertiary/aromatic N) is 2. The number of β-amino-alcohol motifs (C(OH)–C–C–N with tert-alkyl or cyclic N) is 1. The molecule has 3 fully saturated rings. The van der Waals surface area contributed by atoms with Gasteiger partial charge < -0.3 is 24.2 Å². The maximum Gasteiger partial charge on any atom is 0.225 e. The topological polar surface area (TPSA) is 71.5 Å². The van der Waals surface area contributed by atoms with Gasteiger partial charge in [-0.3, -0.25) is 9.69 Å². The van der Waals surface area contributed by atoms with Gasteiger partial charge in [0.1, 0.15) is 0 Å². The van der Waals surface area contributed by atoms with E-state index in [1.54, 1.807) is 0 Å². The van der Waals surface area contributed by atoms with Crippen molar-refractivity contribution < 1.29 is 24.1 Å². The number of amides is 1. The molecule has 1 aromatic rings. The number of carbonyl (C=O) groups is 1. The van der Waals surface area contributed by atoms with Gasteiger partial charge in [-0.2, -0.15) is 0 Å². The molecule has 0 radical (unpaired) electrons. The number of hydrogen-bond acceptors (Lipinski definition) is 6. The smallest absolute Gasteiger partial charge is 0.225 e. The van der Waals surface area contributed by atoms with Crippen molar-refractivity contribution in [3.05, 3.63) is 34.9 Å². The van der Waals surface area contributed by atoms with E-state index in [4.69, 9.17) is 25.8 Å². The minimum absolute atomic E-state index is 0.0948. The zero-order valence-corrected chi connectivity index (χ0v) is 18.0. The molecule has 0 aromatic heterocycles. The average Bonchev–Trinajstić information content (AvgIpc) is 2.73. The molecule has 1 N–H and O–H groups in total. The number of ether oxygens (including phenoxy) is 3. The molecule has 1 aromatic carbocycles. The summed E-state index contributed by atoms with van der Waals surface area (Å²) in [5, 5.41) is 11.0. The first-order valence-corrected chi connectivity index (χ1v) is 11.2. The number of benzene rings is 1. The molecular formula is C22H31ClN2O5. The summed E-state index contributed by atoms with van der Waals surface area (Å²) in [5.74, 6) is 0.139. The van der Waals surface area contributed by atoms with Gasteiger partial charge >= 0.3 is 0 Å². The average molecular weight is 439 g/mol. The number of morpholine rings is 1. The fourth-order valence-electron chi connectivity index (χ4n) is 4.63. The van der Waals surface area contributed by atoms with Gasteiger partial charge in [-0.15, -0.1) is 0 Å². The minimum Gasteiger partial charge on any atom is -0.389 e. The zero-order chi connectivity index (χ0) is 20.9. The Morgan fingerprint density at radius 1 is 1.17 bits per heavy atom. The van der Waals surface area contributed by atoms with Crippen molar-refractivity contribution in [3.63, 3.8) is 0 Å². The third-order valence-corrected chi connectivity index (χ3v) is 6.36. The predicted molar refractivity (Wildman–Crippen MR) is 112 cm³/mol. The van der Waals surface area contributed by atoms with E-state index in [1.807, 2.05) is 23.1 Å². The van der Waals surface area contributed by atoms with Crippen LogP contribution in [0.25, 0.3) is 0 Å². The number of carbonyl (C=O) groups excluding carboxylic acids is 1. The molecule has 0 bridgehead atoms. The Morgan fingerprint density at radius 3 is 2.80 bits per heavy atom. The molecule has 30 heavy (non-hydrogen) atoms.